The number of likely N-dealkylation sites (tertiary alicyclic amines) is 1. The second-order valence-corrected chi connectivity index (χ2v) is 5.35. The van der Waals surface area contributed by atoms with Crippen LogP contribution >= 0.6 is 11.6 Å². The van der Waals surface area contributed by atoms with Crippen molar-refractivity contribution in [2.45, 2.75) is 38.4 Å². The minimum absolute atomic E-state index is 0.00267. The zero-order valence-electron chi connectivity index (χ0n) is 10.4. The number of hydrogen-bond acceptors (Lipinski definition) is 2. The lowest BCUT2D eigenvalue weighted by Crippen LogP contribution is -2.37. The largest absolute Gasteiger partial charge is 0.332 e. The molecule has 0 unspecified atom stereocenters. The minimum atomic E-state index is -0.409. The third-order valence-corrected chi connectivity index (χ3v) is 3.40. The average Bonchev–Trinajstić information content (AvgIpc) is 2.51. The molecule has 1 heterocycles. The van der Waals surface area contributed by atoms with Gasteiger partial charge in [0.2, 0.25) is 5.91 Å². The molecule has 18 heavy (non-hydrogen) atoms. The van der Waals surface area contributed by atoms with E-state index >= 15 is 0 Å². The highest BCUT2D eigenvalue weighted by Gasteiger charge is 2.40. The Kier molecular flexibility index (Phi) is 3.59. The number of hydrogen-bond donors (Lipinski definition) is 1. The van der Waals surface area contributed by atoms with Crippen LogP contribution in [0, 0.1) is 5.82 Å². The highest BCUT2D eigenvalue weighted by Crippen LogP contribution is 2.35. The van der Waals surface area contributed by atoms with Crippen LogP contribution in [0.25, 0.3) is 0 Å². The van der Waals surface area contributed by atoms with Crippen molar-refractivity contribution in [1.82, 2.24) is 4.90 Å². The Morgan fingerprint density at radius 2 is 2.11 bits per heavy atom. The SMILES string of the molecule is CC(C)N1C(=O)C[C@H](N)[C@H]1c1cc(F)cc(Cl)c1. The molecule has 1 aliphatic heterocycles. The fourth-order valence-corrected chi connectivity index (χ4v) is 2.77. The Bertz CT molecular complexity index is 458. The van der Waals surface area contributed by atoms with Gasteiger partial charge >= 0.3 is 0 Å². The van der Waals surface area contributed by atoms with Gasteiger partial charge in [0.25, 0.3) is 0 Å². The van der Waals surface area contributed by atoms with E-state index in [9.17, 15) is 9.18 Å². The smallest absolute Gasteiger partial charge is 0.225 e. The van der Waals surface area contributed by atoms with Crippen molar-refractivity contribution < 1.29 is 9.18 Å². The van der Waals surface area contributed by atoms with E-state index in [1.807, 2.05) is 13.8 Å². The molecule has 1 saturated heterocycles. The number of nitrogens with zero attached hydrogens (tertiary/aromatic N) is 1. The van der Waals surface area contributed by atoms with Gasteiger partial charge in [-0.25, -0.2) is 4.39 Å². The van der Waals surface area contributed by atoms with Crippen LogP contribution in [-0.4, -0.2) is 22.9 Å². The first-order valence-corrected chi connectivity index (χ1v) is 6.30. The molecule has 1 aromatic rings. The molecular weight excluding hydrogens is 255 g/mol. The highest BCUT2D eigenvalue weighted by molar-refractivity contribution is 6.30. The summed E-state index contributed by atoms with van der Waals surface area (Å²) in [5.74, 6) is -0.407. The summed E-state index contributed by atoms with van der Waals surface area (Å²) in [6.07, 6.45) is 0.289. The van der Waals surface area contributed by atoms with E-state index in [4.69, 9.17) is 17.3 Å². The summed E-state index contributed by atoms with van der Waals surface area (Å²) in [5, 5.41) is 0.320. The van der Waals surface area contributed by atoms with Crippen molar-refractivity contribution in [2.24, 2.45) is 5.73 Å². The molecule has 0 aromatic heterocycles. The highest BCUT2D eigenvalue weighted by atomic mass is 35.5. The quantitative estimate of drug-likeness (QED) is 0.897. The molecule has 1 aromatic carbocycles. The molecule has 1 amide bonds. The van der Waals surface area contributed by atoms with Crippen LogP contribution in [0.2, 0.25) is 5.02 Å². The Morgan fingerprint density at radius 1 is 1.44 bits per heavy atom. The van der Waals surface area contributed by atoms with Crippen LogP contribution in [0.4, 0.5) is 4.39 Å². The normalized spacial score (nSPS) is 24.1. The molecule has 2 N–H and O–H groups in total. The van der Waals surface area contributed by atoms with Gasteiger partial charge in [-0.3, -0.25) is 4.79 Å². The van der Waals surface area contributed by atoms with Crippen LogP contribution in [0.3, 0.4) is 0 Å². The van der Waals surface area contributed by atoms with Gasteiger partial charge in [0.15, 0.2) is 0 Å². The number of carbonyl (C=O) groups excluding carboxylic acids is 1. The topological polar surface area (TPSA) is 46.3 Å². The van der Waals surface area contributed by atoms with Crippen LogP contribution in [0.5, 0.6) is 0 Å². The van der Waals surface area contributed by atoms with Crippen LogP contribution in [0.1, 0.15) is 31.9 Å². The zero-order chi connectivity index (χ0) is 13.4. The second kappa shape index (κ2) is 4.86. The Hall–Kier alpha value is -1.13. The average molecular weight is 271 g/mol. The number of amides is 1. The molecular formula is C13H16ClFN2O. The molecule has 5 heteroatoms. The van der Waals surface area contributed by atoms with Gasteiger partial charge in [0.1, 0.15) is 5.82 Å². The van der Waals surface area contributed by atoms with Crippen LogP contribution in [-0.2, 0) is 4.79 Å². The summed E-state index contributed by atoms with van der Waals surface area (Å²) in [6, 6.07) is 3.71. The van der Waals surface area contributed by atoms with Gasteiger partial charge in [-0.2, -0.15) is 0 Å². The van der Waals surface area contributed by atoms with Crippen LogP contribution < -0.4 is 5.73 Å². The fraction of sp³-hybridized carbons (Fsp3) is 0.462. The Balaban J connectivity index is 2.43. The molecule has 2 rings (SSSR count). The van der Waals surface area contributed by atoms with Crippen molar-refractivity contribution >= 4 is 17.5 Å². The standard InChI is InChI=1S/C13H16ClFN2O/c1-7(2)17-12(18)6-11(16)13(17)8-3-9(14)5-10(15)4-8/h3-5,7,11,13H,6,16H2,1-2H3/t11-,13+/m0/s1. The molecule has 0 spiro atoms. The Morgan fingerprint density at radius 3 is 2.67 bits per heavy atom. The first kappa shape index (κ1) is 13.3. The summed E-state index contributed by atoms with van der Waals surface area (Å²) in [6.45, 7) is 3.84. The first-order valence-electron chi connectivity index (χ1n) is 5.93. The van der Waals surface area contributed by atoms with Gasteiger partial charge in [0.05, 0.1) is 6.04 Å². The van der Waals surface area contributed by atoms with E-state index in [0.717, 1.165) is 0 Å². The van der Waals surface area contributed by atoms with Crippen molar-refractivity contribution in [3.8, 4) is 0 Å². The lowest BCUT2D eigenvalue weighted by Gasteiger charge is -2.30. The summed E-state index contributed by atoms with van der Waals surface area (Å²) in [4.78, 5) is 13.6. The monoisotopic (exact) mass is 270 g/mol. The van der Waals surface area contributed by atoms with E-state index in [2.05, 4.69) is 0 Å². The predicted molar refractivity (Wildman–Crippen MR) is 68.7 cm³/mol. The maximum absolute atomic E-state index is 13.4. The van der Waals surface area contributed by atoms with Gasteiger partial charge in [-0.1, -0.05) is 11.6 Å². The number of carbonyl (C=O) groups is 1. The zero-order valence-corrected chi connectivity index (χ0v) is 11.1. The second-order valence-electron chi connectivity index (χ2n) is 4.91. The molecule has 0 aliphatic carbocycles. The van der Waals surface area contributed by atoms with Crippen molar-refractivity contribution in [3.05, 3.63) is 34.6 Å². The minimum Gasteiger partial charge on any atom is -0.332 e. The summed E-state index contributed by atoms with van der Waals surface area (Å²) >= 11 is 5.86. The van der Waals surface area contributed by atoms with E-state index in [1.54, 1.807) is 11.0 Å². The number of rotatable bonds is 2. The maximum Gasteiger partial charge on any atom is 0.225 e. The van der Waals surface area contributed by atoms with E-state index in [-0.39, 0.29) is 30.5 Å². The van der Waals surface area contributed by atoms with E-state index < -0.39 is 5.82 Å². The molecule has 1 aliphatic rings. The van der Waals surface area contributed by atoms with Crippen molar-refractivity contribution in [2.75, 3.05) is 0 Å². The van der Waals surface area contributed by atoms with Crippen molar-refractivity contribution in [1.29, 1.82) is 0 Å². The molecule has 0 saturated carbocycles. The lowest BCUT2D eigenvalue weighted by atomic mass is 10.00. The molecule has 1 fully saturated rings. The lowest BCUT2D eigenvalue weighted by molar-refractivity contribution is -0.130. The third-order valence-electron chi connectivity index (χ3n) is 3.19. The summed E-state index contributed by atoms with van der Waals surface area (Å²) < 4.78 is 13.4. The maximum atomic E-state index is 13.4. The fourth-order valence-electron chi connectivity index (χ4n) is 2.54. The van der Waals surface area contributed by atoms with E-state index in [0.29, 0.717) is 10.6 Å². The van der Waals surface area contributed by atoms with Crippen molar-refractivity contribution in [3.63, 3.8) is 0 Å². The van der Waals surface area contributed by atoms with E-state index in [1.165, 1.54) is 12.1 Å². The molecule has 0 radical (unpaired) electrons. The number of nitrogens with two attached hydrogens (primary N) is 1. The molecule has 0 bridgehead atoms. The Labute approximate surface area is 111 Å². The van der Waals surface area contributed by atoms with Gasteiger partial charge < -0.3 is 10.6 Å². The number of halogens is 2. The third kappa shape index (κ3) is 2.35. The van der Waals surface area contributed by atoms with Gasteiger partial charge in [-0.15, -0.1) is 0 Å². The molecule has 3 nitrogen and oxygen atoms in total. The van der Waals surface area contributed by atoms with Gasteiger partial charge in [0, 0.05) is 23.5 Å². The number of benzene rings is 1. The molecule has 2 atom stereocenters. The first-order chi connectivity index (χ1) is 8.40. The summed E-state index contributed by atoms with van der Waals surface area (Å²) in [5.41, 5.74) is 6.66. The summed E-state index contributed by atoms with van der Waals surface area (Å²) in [7, 11) is 0. The van der Waals surface area contributed by atoms with Gasteiger partial charge in [-0.05, 0) is 37.6 Å². The molecule has 98 valence electrons. The predicted octanol–water partition coefficient (Wildman–Crippen LogP) is 2.49. The van der Waals surface area contributed by atoms with Crippen LogP contribution in [0.15, 0.2) is 18.2 Å².